The molecule has 0 bridgehead atoms. The number of hydrogen-bond acceptors (Lipinski definition) is 4. The molecule has 0 N–H and O–H groups in total. The number of hydrogen-bond donors (Lipinski definition) is 0. The van der Waals surface area contributed by atoms with E-state index in [2.05, 4.69) is 100 Å². The van der Waals surface area contributed by atoms with Crippen LogP contribution >= 0.6 is 31.9 Å². The molecule has 3 aromatic carbocycles. The fourth-order valence-corrected chi connectivity index (χ4v) is 5.79. The Morgan fingerprint density at radius 1 is 1.00 bits per heavy atom. The minimum Gasteiger partial charge on any atom is -0.497 e. The second-order valence-corrected chi connectivity index (χ2v) is 11.3. The lowest BCUT2D eigenvalue weighted by molar-refractivity contribution is -0.0197. The Morgan fingerprint density at radius 3 is 2.33 bits per heavy atom. The molecule has 0 fully saturated rings. The van der Waals surface area contributed by atoms with Crippen LogP contribution < -0.4 is 9.47 Å². The van der Waals surface area contributed by atoms with E-state index in [1.165, 1.54) is 5.56 Å². The number of hydrazone groups is 1. The van der Waals surface area contributed by atoms with E-state index >= 15 is 0 Å². The standard InChI is InChI=1S/C27H26Br2N2O2/c1-27(2,3)18-9-5-17(6-10-18)26-31-24(21-13-19(28)14-22(29)25(21)33-26)15-23(30-31)16-7-11-20(32-4)12-8-16/h5-14,24,26H,15H2,1-4H3/t24-,26+/m0/s1. The fourth-order valence-electron chi connectivity index (χ4n) is 4.44. The van der Waals surface area contributed by atoms with Crippen molar-refractivity contribution in [1.82, 2.24) is 5.01 Å². The molecule has 0 aromatic heterocycles. The highest BCUT2D eigenvalue weighted by molar-refractivity contribution is 9.11. The van der Waals surface area contributed by atoms with Gasteiger partial charge < -0.3 is 9.47 Å². The maximum atomic E-state index is 6.60. The van der Waals surface area contributed by atoms with Gasteiger partial charge in [-0.2, -0.15) is 5.10 Å². The monoisotopic (exact) mass is 568 g/mol. The lowest BCUT2D eigenvalue weighted by Crippen LogP contribution is -2.34. The second kappa shape index (κ2) is 8.48. The van der Waals surface area contributed by atoms with Crippen molar-refractivity contribution in [1.29, 1.82) is 0 Å². The third-order valence-corrected chi connectivity index (χ3v) is 7.34. The van der Waals surface area contributed by atoms with Crippen LogP contribution in [0.2, 0.25) is 0 Å². The Labute approximate surface area is 211 Å². The van der Waals surface area contributed by atoms with Gasteiger partial charge in [-0.1, -0.05) is 61.0 Å². The molecule has 5 rings (SSSR count). The van der Waals surface area contributed by atoms with Crippen molar-refractivity contribution >= 4 is 37.6 Å². The van der Waals surface area contributed by atoms with E-state index in [0.717, 1.165) is 49.3 Å². The molecule has 33 heavy (non-hydrogen) atoms. The van der Waals surface area contributed by atoms with Crippen LogP contribution in [-0.2, 0) is 5.41 Å². The number of rotatable bonds is 3. The average Bonchev–Trinajstić information content (AvgIpc) is 3.24. The van der Waals surface area contributed by atoms with Gasteiger partial charge in [-0.25, -0.2) is 5.01 Å². The number of fused-ring (bicyclic) bond motifs is 3. The van der Waals surface area contributed by atoms with Crippen LogP contribution in [0.3, 0.4) is 0 Å². The predicted octanol–water partition coefficient (Wildman–Crippen LogP) is 7.76. The summed E-state index contributed by atoms with van der Waals surface area (Å²) in [6.07, 6.45) is 0.507. The van der Waals surface area contributed by atoms with Gasteiger partial charge in [0.25, 0.3) is 0 Å². The SMILES string of the molecule is COc1ccc(C2=NN3[C@@H](c4ccc(C(C)(C)C)cc4)Oc4c(Br)cc(Br)cc4[C@@H]3C2)cc1. The van der Waals surface area contributed by atoms with Crippen molar-refractivity contribution < 1.29 is 9.47 Å². The van der Waals surface area contributed by atoms with Gasteiger partial charge in [0.05, 0.1) is 23.3 Å². The van der Waals surface area contributed by atoms with Crippen molar-refractivity contribution in [3.05, 3.63) is 91.9 Å². The topological polar surface area (TPSA) is 34.1 Å². The molecule has 3 aromatic rings. The maximum absolute atomic E-state index is 6.60. The highest BCUT2D eigenvalue weighted by Crippen LogP contribution is 2.51. The number of benzene rings is 3. The summed E-state index contributed by atoms with van der Waals surface area (Å²) in [5, 5.41) is 7.19. The molecule has 0 saturated carbocycles. The third kappa shape index (κ3) is 4.19. The molecule has 2 aliphatic heterocycles. The number of methoxy groups -OCH3 is 1. The van der Waals surface area contributed by atoms with Crippen molar-refractivity contribution in [2.24, 2.45) is 5.10 Å². The van der Waals surface area contributed by atoms with Gasteiger partial charge >= 0.3 is 0 Å². The Kier molecular flexibility index (Phi) is 5.78. The van der Waals surface area contributed by atoms with Crippen LogP contribution in [0.5, 0.6) is 11.5 Å². The Bertz CT molecular complexity index is 1210. The van der Waals surface area contributed by atoms with Crippen LogP contribution in [0.4, 0.5) is 0 Å². The smallest absolute Gasteiger partial charge is 0.213 e. The van der Waals surface area contributed by atoms with E-state index in [1.54, 1.807) is 7.11 Å². The molecule has 0 saturated heterocycles. The Hall–Kier alpha value is -2.31. The van der Waals surface area contributed by atoms with Gasteiger partial charge in [-0.3, -0.25) is 0 Å². The molecule has 0 aliphatic carbocycles. The first-order chi connectivity index (χ1) is 15.7. The highest BCUT2D eigenvalue weighted by Gasteiger charge is 2.42. The summed E-state index contributed by atoms with van der Waals surface area (Å²) in [6, 6.07) is 21.1. The van der Waals surface area contributed by atoms with Crippen molar-refractivity contribution in [3.8, 4) is 11.5 Å². The minimum absolute atomic E-state index is 0.0898. The molecular weight excluding hydrogens is 544 g/mol. The van der Waals surface area contributed by atoms with Crippen LogP contribution in [0.1, 0.15) is 61.7 Å². The van der Waals surface area contributed by atoms with E-state index in [4.69, 9.17) is 14.6 Å². The quantitative estimate of drug-likeness (QED) is 0.323. The zero-order valence-electron chi connectivity index (χ0n) is 19.1. The van der Waals surface area contributed by atoms with E-state index in [0.29, 0.717) is 0 Å². The third-order valence-electron chi connectivity index (χ3n) is 6.29. The van der Waals surface area contributed by atoms with E-state index in [9.17, 15) is 0 Å². The molecule has 0 spiro atoms. The molecule has 0 unspecified atom stereocenters. The number of halogens is 2. The first-order valence-electron chi connectivity index (χ1n) is 11.0. The van der Waals surface area contributed by atoms with Crippen LogP contribution in [0.25, 0.3) is 0 Å². The van der Waals surface area contributed by atoms with Gasteiger partial charge in [0, 0.05) is 22.0 Å². The molecule has 0 amide bonds. The predicted molar refractivity (Wildman–Crippen MR) is 139 cm³/mol. The molecule has 2 heterocycles. The van der Waals surface area contributed by atoms with E-state index < -0.39 is 0 Å². The second-order valence-electron chi connectivity index (χ2n) is 9.52. The summed E-state index contributed by atoms with van der Waals surface area (Å²) in [7, 11) is 1.68. The summed E-state index contributed by atoms with van der Waals surface area (Å²) in [6.45, 7) is 6.69. The van der Waals surface area contributed by atoms with Crippen LogP contribution in [0.15, 0.2) is 74.7 Å². The normalized spacial score (nSPS) is 19.5. The molecular formula is C27H26Br2N2O2. The van der Waals surface area contributed by atoms with E-state index in [-0.39, 0.29) is 17.7 Å². The maximum Gasteiger partial charge on any atom is 0.213 e. The number of ether oxygens (including phenoxy) is 2. The van der Waals surface area contributed by atoms with Crippen molar-refractivity contribution in [3.63, 3.8) is 0 Å². The highest BCUT2D eigenvalue weighted by atomic mass is 79.9. The van der Waals surface area contributed by atoms with Crippen molar-refractivity contribution in [2.75, 3.05) is 7.11 Å². The van der Waals surface area contributed by atoms with Crippen molar-refractivity contribution in [2.45, 2.75) is 44.9 Å². The summed E-state index contributed by atoms with van der Waals surface area (Å²) in [4.78, 5) is 0. The zero-order chi connectivity index (χ0) is 23.3. The van der Waals surface area contributed by atoms with Gasteiger partial charge in [0.2, 0.25) is 6.23 Å². The molecule has 0 radical (unpaired) electrons. The molecule has 4 nitrogen and oxygen atoms in total. The molecule has 6 heteroatoms. The molecule has 2 atom stereocenters. The first kappa shape index (κ1) is 22.5. The minimum atomic E-state index is -0.301. The zero-order valence-corrected chi connectivity index (χ0v) is 22.3. The lowest BCUT2D eigenvalue weighted by atomic mass is 9.86. The van der Waals surface area contributed by atoms with Gasteiger partial charge in [-0.15, -0.1) is 0 Å². The summed E-state index contributed by atoms with van der Waals surface area (Å²) < 4.78 is 13.9. The Balaban J connectivity index is 1.57. The summed E-state index contributed by atoms with van der Waals surface area (Å²) in [5.41, 5.74) is 5.77. The summed E-state index contributed by atoms with van der Waals surface area (Å²) in [5.74, 6) is 1.73. The Morgan fingerprint density at radius 2 is 1.70 bits per heavy atom. The fraction of sp³-hybridized carbons (Fsp3) is 0.296. The first-order valence-corrected chi connectivity index (χ1v) is 12.6. The summed E-state index contributed by atoms with van der Waals surface area (Å²) >= 11 is 7.36. The van der Waals surface area contributed by atoms with E-state index in [1.807, 2.05) is 18.2 Å². The van der Waals surface area contributed by atoms with Gasteiger partial charge in [0.15, 0.2) is 0 Å². The number of nitrogens with zero attached hydrogens (tertiary/aromatic N) is 2. The van der Waals surface area contributed by atoms with Gasteiger partial charge in [-0.05, 0) is 68.9 Å². The molecule has 170 valence electrons. The largest absolute Gasteiger partial charge is 0.497 e. The molecule has 2 aliphatic rings. The lowest BCUT2D eigenvalue weighted by Gasteiger charge is -2.39. The van der Waals surface area contributed by atoms with Gasteiger partial charge in [0.1, 0.15) is 11.5 Å². The average molecular weight is 570 g/mol. The van der Waals surface area contributed by atoms with Crippen LogP contribution in [-0.4, -0.2) is 17.8 Å². The van der Waals surface area contributed by atoms with Crippen LogP contribution in [0, 0.1) is 0 Å².